The van der Waals surface area contributed by atoms with Gasteiger partial charge in [-0.25, -0.2) is 0 Å². The number of nitrogens with one attached hydrogen (secondary N) is 1. The Morgan fingerprint density at radius 2 is 1.96 bits per heavy atom. The highest BCUT2D eigenvalue weighted by molar-refractivity contribution is 6.09. The Kier molecular flexibility index (Phi) is 4.57. The highest BCUT2D eigenvalue weighted by atomic mass is 16.6. The van der Waals surface area contributed by atoms with Crippen molar-refractivity contribution in [2.24, 2.45) is 0 Å². The van der Waals surface area contributed by atoms with Gasteiger partial charge < -0.3 is 10.2 Å². The summed E-state index contributed by atoms with van der Waals surface area (Å²) in [6, 6.07) is 13.7. The molecular weight excluding hydrogens is 306 g/mol. The molecule has 0 radical (unpaired) electrons. The molecular formula is C18H19N3O3. The molecule has 24 heavy (non-hydrogen) atoms. The summed E-state index contributed by atoms with van der Waals surface area (Å²) in [7, 11) is 0. The zero-order chi connectivity index (χ0) is 17.1. The second-order valence-electron chi connectivity index (χ2n) is 5.90. The molecule has 0 bridgehead atoms. The zero-order valence-corrected chi connectivity index (χ0v) is 13.4. The van der Waals surface area contributed by atoms with Crippen LogP contribution in [0.25, 0.3) is 0 Å². The normalized spacial score (nSPS) is 17.5. The lowest BCUT2D eigenvalue weighted by Crippen LogP contribution is -2.50. The van der Waals surface area contributed by atoms with Gasteiger partial charge in [-0.15, -0.1) is 0 Å². The van der Waals surface area contributed by atoms with Crippen LogP contribution in [0, 0.1) is 10.1 Å². The molecule has 1 saturated heterocycles. The van der Waals surface area contributed by atoms with E-state index in [-0.39, 0.29) is 17.5 Å². The number of carbonyl (C=O) groups excluding carboxylic acids is 1. The average molecular weight is 325 g/mol. The molecule has 0 amide bonds. The Labute approximate surface area is 140 Å². The largest absolute Gasteiger partial charge is 0.361 e. The van der Waals surface area contributed by atoms with E-state index in [2.05, 4.69) is 5.32 Å². The molecule has 1 aliphatic rings. The molecule has 2 aromatic carbocycles. The molecule has 0 aliphatic carbocycles. The molecule has 3 rings (SSSR count). The number of piperazine rings is 1. The van der Waals surface area contributed by atoms with Crippen LogP contribution in [0.4, 0.5) is 11.4 Å². The predicted molar refractivity (Wildman–Crippen MR) is 92.6 cm³/mol. The molecule has 1 aliphatic heterocycles. The highest BCUT2D eigenvalue weighted by Gasteiger charge is 2.26. The topological polar surface area (TPSA) is 75.5 Å². The predicted octanol–water partition coefficient (Wildman–Crippen LogP) is 2.62. The average Bonchev–Trinajstić information content (AvgIpc) is 2.62. The van der Waals surface area contributed by atoms with Crippen molar-refractivity contribution in [1.29, 1.82) is 0 Å². The maximum absolute atomic E-state index is 12.5. The highest BCUT2D eigenvalue weighted by Crippen LogP contribution is 2.31. The number of hydrogen-bond acceptors (Lipinski definition) is 5. The maximum Gasteiger partial charge on any atom is 0.293 e. The van der Waals surface area contributed by atoms with Crippen LogP contribution >= 0.6 is 0 Å². The summed E-state index contributed by atoms with van der Waals surface area (Å²) in [5.41, 5.74) is 1.40. The minimum absolute atomic E-state index is 0.0227. The molecule has 1 atom stereocenters. The number of carbonyl (C=O) groups is 1. The SMILES string of the molecule is CC1CNCCN1c1ccc(C(=O)c2ccccc2)cc1[N+](=O)[O-]. The van der Waals surface area contributed by atoms with Crippen LogP contribution in [0.1, 0.15) is 22.8 Å². The number of hydrogen-bond donors (Lipinski definition) is 1. The summed E-state index contributed by atoms with van der Waals surface area (Å²) in [5, 5.41) is 14.8. The van der Waals surface area contributed by atoms with Gasteiger partial charge >= 0.3 is 0 Å². The van der Waals surface area contributed by atoms with E-state index >= 15 is 0 Å². The number of rotatable bonds is 4. The molecule has 1 unspecified atom stereocenters. The Hall–Kier alpha value is -2.73. The molecule has 1 fully saturated rings. The summed E-state index contributed by atoms with van der Waals surface area (Å²) >= 11 is 0. The van der Waals surface area contributed by atoms with Crippen molar-refractivity contribution in [3.8, 4) is 0 Å². The molecule has 1 heterocycles. The second kappa shape index (κ2) is 6.80. The van der Waals surface area contributed by atoms with E-state index in [1.54, 1.807) is 36.4 Å². The van der Waals surface area contributed by atoms with Crippen molar-refractivity contribution in [3.05, 3.63) is 69.8 Å². The van der Waals surface area contributed by atoms with E-state index in [1.807, 2.05) is 17.9 Å². The lowest BCUT2D eigenvalue weighted by Gasteiger charge is -2.35. The van der Waals surface area contributed by atoms with Gasteiger partial charge in [-0.1, -0.05) is 30.3 Å². The van der Waals surface area contributed by atoms with Crippen molar-refractivity contribution >= 4 is 17.2 Å². The third kappa shape index (κ3) is 3.14. The summed E-state index contributed by atoms with van der Waals surface area (Å²) in [4.78, 5) is 25.7. The van der Waals surface area contributed by atoms with Crippen LogP contribution in [-0.2, 0) is 0 Å². The van der Waals surface area contributed by atoms with Crippen LogP contribution < -0.4 is 10.2 Å². The minimum atomic E-state index is -0.411. The lowest BCUT2D eigenvalue weighted by molar-refractivity contribution is -0.384. The second-order valence-corrected chi connectivity index (χ2v) is 5.90. The van der Waals surface area contributed by atoms with Gasteiger partial charge in [0.05, 0.1) is 4.92 Å². The fourth-order valence-corrected chi connectivity index (χ4v) is 3.01. The van der Waals surface area contributed by atoms with Gasteiger partial charge in [0.25, 0.3) is 5.69 Å². The van der Waals surface area contributed by atoms with Crippen LogP contribution in [0.3, 0.4) is 0 Å². The third-order valence-electron chi connectivity index (χ3n) is 4.28. The van der Waals surface area contributed by atoms with Crippen LogP contribution in [0.2, 0.25) is 0 Å². The van der Waals surface area contributed by atoms with E-state index < -0.39 is 4.92 Å². The van der Waals surface area contributed by atoms with Gasteiger partial charge in [0.15, 0.2) is 5.78 Å². The minimum Gasteiger partial charge on any atom is -0.361 e. The Morgan fingerprint density at radius 1 is 1.21 bits per heavy atom. The summed E-state index contributed by atoms with van der Waals surface area (Å²) in [6.45, 7) is 4.29. The van der Waals surface area contributed by atoms with Crippen LogP contribution in [0.15, 0.2) is 48.5 Å². The maximum atomic E-state index is 12.5. The van der Waals surface area contributed by atoms with Gasteiger partial charge in [0.1, 0.15) is 5.69 Å². The molecule has 0 saturated carbocycles. The van der Waals surface area contributed by atoms with Crippen molar-refractivity contribution in [1.82, 2.24) is 5.32 Å². The first-order chi connectivity index (χ1) is 11.6. The van der Waals surface area contributed by atoms with Gasteiger partial charge in [-0.2, -0.15) is 0 Å². The smallest absolute Gasteiger partial charge is 0.293 e. The van der Waals surface area contributed by atoms with E-state index in [0.29, 0.717) is 23.4 Å². The van der Waals surface area contributed by atoms with E-state index in [4.69, 9.17) is 0 Å². The Balaban J connectivity index is 1.99. The van der Waals surface area contributed by atoms with E-state index in [0.717, 1.165) is 13.1 Å². The number of nitrogens with zero attached hydrogens (tertiary/aromatic N) is 2. The Morgan fingerprint density at radius 3 is 2.62 bits per heavy atom. The molecule has 6 heteroatoms. The van der Waals surface area contributed by atoms with Gasteiger partial charge in [-0.05, 0) is 19.1 Å². The number of nitro benzene ring substituents is 1. The van der Waals surface area contributed by atoms with Crippen molar-refractivity contribution in [2.75, 3.05) is 24.5 Å². The van der Waals surface area contributed by atoms with Crippen LogP contribution in [0.5, 0.6) is 0 Å². The van der Waals surface area contributed by atoms with Crippen molar-refractivity contribution in [2.45, 2.75) is 13.0 Å². The summed E-state index contributed by atoms with van der Waals surface area (Å²) in [5.74, 6) is -0.210. The number of ketones is 1. The molecule has 124 valence electrons. The monoisotopic (exact) mass is 325 g/mol. The van der Waals surface area contributed by atoms with E-state index in [1.165, 1.54) is 6.07 Å². The van der Waals surface area contributed by atoms with Crippen molar-refractivity contribution < 1.29 is 9.72 Å². The number of benzene rings is 2. The fourth-order valence-electron chi connectivity index (χ4n) is 3.01. The number of nitro groups is 1. The first kappa shape index (κ1) is 16.1. The third-order valence-corrected chi connectivity index (χ3v) is 4.28. The van der Waals surface area contributed by atoms with Gasteiger partial charge in [-0.3, -0.25) is 14.9 Å². The molecule has 0 aromatic heterocycles. The van der Waals surface area contributed by atoms with Crippen molar-refractivity contribution in [3.63, 3.8) is 0 Å². The molecule has 1 N–H and O–H groups in total. The van der Waals surface area contributed by atoms with Gasteiger partial charge in [0.2, 0.25) is 0 Å². The van der Waals surface area contributed by atoms with Gasteiger partial charge in [0, 0.05) is 42.9 Å². The van der Waals surface area contributed by atoms with Crippen LogP contribution in [-0.4, -0.2) is 36.4 Å². The first-order valence-corrected chi connectivity index (χ1v) is 7.93. The quantitative estimate of drug-likeness (QED) is 0.531. The standard InChI is InChI=1S/C18H19N3O3/c1-13-12-19-9-10-20(13)16-8-7-15(11-17(16)21(23)24)18(22)14-5-3-2-4-6-14/h2-8,11,13,19H,9-10,12H2,1H3. The first-order valence-electron chi connectivity index (χ1n) is 7.93. The fraction of sp³-hybridized carbons (Fsp3) is 0.278. The van der Waals surface area contributed by atoms with E-state index in [9.17, 15) is 14.9 Å². The summed E-state index contributed by atoms with van der Waals surface area (Å²) in [6.07, 6.45) is 0. The molecule has 0 spiro atoms. The molecule has 2 aromatic rings. The Bertz CT molecular complexity index is 761. The number of anilines is 1. The molecule has 6 nitrogen and oxygen atoms in total. The summed E-state index contributed by atoms with van der Waals surface area (Å²) < 4.78 is 0. The lowest BCUT2D eigenvalue weighted by atomic mass is 10.0. The zero-order valence-electron chi connectivity index (χ0n) is 13.4.